The van der Waals surface area contributed by atoms with E-state index in [9.17, 15) is 14.0 Å². The van der Waals surface area contributed by atoms with Crippen LogP contribution in [0.25, 0.3) is 0 Å². The van der Waals surface area contributed by atoms with Gasteiger partial charge in [-0.2, -0.15) is 0 Å². The molecule has 0 saturated heterocycles. The van der Waals surface area contributed by atoms with Crippen molar-refractivity contribution in [2.45, 2.75) is 45.7 Å². The fourth-order valence-electron chi connectivity index (χ4n) is 3.09. The van der Waals surface area contributed by atoms with E-state index in [2.05, 4.69) is 10.6 Å². The normalized spacial score (nSPS) is 13.9. The second-order valence-corrected chi connectivity index (χ2v) is 7.78. The number of hydrogen-bond donors (Lipinski definition) is 2. The first kappa shape index (κ1) is 18.9. The third-order valence-corrected chi connectivity index (χ3v) is 4.28. The highest BCUT2D eigenvalue weighted by molar-refractivity contribution is 5.97. The molecule has 1 aliphatic heterocycles. The number of rotatable bonds is 3. The Morgan fingerprint density at radius 2 is 1.81 bits per heavy atom. The molecule has 2 aromatic carbocycles. The highest BCUT2D eigenvalue weighted by Crippen LogP contribution is 2.31. The molecule has 0 saturated carbocycles. The minimum atomic E-state index is -0.323. The van der Waals surface area contributed by atoms with Crippen LogP contribution in [0.15, 0.2) is 42.5 Å². The Hall–Kier alpha value is -2.89. The fourth-order valence-corrected chi connectivity index (χ4v) is 3.09. The zero-order chi connectivity index (χ0) is 19.6. The number of nitrogens with one attached hydrogen (secondary N) is 2. The van der Waals surface area contributed by atoms with Gasteiger partial charge in [-0.15, -0.1) is 0 Å². The van der Waals surface area contributed by atoms with E-state index in [0.29, 0.717) is 25.1 Å². The van der Waals surface area contributed by atoms with Crippen LogP contribution in [0, 0.1) is 5.82 Å². The second-order valence-electron chi connectivity index (χ2n) is 7.78. The predicted octanol–water partition coefficient (Wildman–Crippen LogP) is 4.23. The SMILES string of the molecule is CC(C)(C)NC(=O)Nc1ccc2c(c1)CCC(=O)N2Cc1ccc(F)cc1. The van der Waals surface area contributed by atoms with Gasteiger partial charge < -0.3 is 15.5 Å². The summed E-state index contributed by atoms with van der Waals surface area (Å²) in [5.74, 6) is -0.258. The highest BCUT2D eigenvalue weighted by Gasteiger charge is 2.25. The number of carbonyl (C=O) groups excluding carboxylic acids is 2. The van der Waals surface area contributed by atoms with Crippen LogP contribution >= 0.6 is 0 Å². The van der Waals surface area contributed by atoms with Gasteiger partial charge in [-0.1, -0.05) is 12.1 Å². The number of aryl methyl sites for hydroxylation is 1. The second kappa shape index (κ2) is 7.39. The molecule has 0 aliphatic carbocycles. The first-order chi connectivity index (χ1) is 12.7. The van der Waals surface area contributed by atoms with Crippen molar-refractivity contribution in [3.05, 3.63) is 59.4 Å². The lowest BCUT2D eigenvalue weighted by Crippen LogP contribution is -2.43. The molecule has 5 nitrogen and oxygen atoms in total. The van der Waals surface area contributed by atoms with Crippen molar-refractivity contribution >= 4 is 23.3 Å². The maximum absolute atomic E-state index is 13.1. The van der Waals surface area contributed by atoms with Gasteiger partial charge in [0.15, 0.2) is 0 Å². The minimum Gasteiger partial charge on any atom is -0.333 e. The fraction of sp³-hybridized carbons (Fsp3) is 0.333. The monoisotopic (exact) mass is 369 g/mol. The van der Waals surface area contributed by atoms with Gasteiger partial charge in [-0.05, 0) is 68.7 Å². The number of urea groups is 1. The van der Waals surface area contributed by atoms with Crippen LogP contribution in [0.4, 0.5) is 20.6 Å². The number of anilines is 2. The number of benzene rings is 2. The lowest BCUT2D eigenvalue weighted by Gasteiger charge is -2.30. The summed E-state index contributed by atoms with van der Waals surface area (Å²) < 4.78 is 13.1. The zero-order valence-corrected chi connectivity index (χ0v) is 15.8. The molecule has 0 bridgehead atoms. The average Bonchev–Trinajstić information content (AvgIpc) is 2.57. The summed E-state index contributed by atoms with van der Waals surface area (Å²) in [6.07, 6.45) is 1.04. The number of nitrogens with zero attached hydrogens (tertiary/aromatic N) is 1. The summed E-state index contributed by atoms with van der Waals surface area (Å²) in [5.41, 5.74) is 3.06. The number of hydrogen-bond acceptors (Lipinski definition) is 2. The number of halogens is 1. The van der Waals surface area contributed by atoms with Crippen molar-refractivity contribution in [3.8, 4) is 0 Å². The number of fused-ring (bicyclic) bond motifs is 1. The van der Waals surface area contributed by atoms with Gasteiger partial charge in [0.05, 0.1) is 6.54 Å². The molecule has 0 radical (unpaired) electrons. The largest absolute Gasteiger partial charge is 0.333 e. The van der Waals surface area contributed by atoms with E-state index in [4.69, 9.17) is 0 Å². The van der Waals surface area contributed by atoms with Gasteiger partial charge in [0, 0.05) is 23.3 Å². The van der Waals surface area contributed by atoms with Crippen molar-refractivity contribution in [2.24, 2.45) is 0 Å². The van der Waals surface area contributed by atoms with E-state index >= 15 is 0 Å². The molecule has 1 aliphatic rings. The minimum absolute atomic E-state index is 0.0398. The Bertz CT molecular complexity index is 857. The number of amides is 3. The standard InChI is InChI=1S/C21H24FN3O2/c1-21(2,3)24-20(27)23-17-9-10-18-15(12-17)6-11-19(26)25(18)13-14-4-7-16(22)8-5-14/h4-5,7-10,12H,6,11,13H2,1-3H3,(H2,23,24,27). The Morgan fingerprint density at radius 3 is 2.48 bits per heavy atom. The molecule has 1 heterocycles. The quantitative estimate of drug-likeness (QED) is 0.851. The maximum atomic E-state index is 13.1. The van der Waals surface area contributed by atoms with Gasteiger partial charge in [-0.25, -0.2) is 9.18 Å². The molecule has 3 amide bonds. The summed E-state index contributed by atoms with van der Waals surface area (Å²) in [7, 11) is 0. The van der Waals surface area contributed by atoms with E-state index in [-0.39, 0.29) is 23.3 Å². The summed E-state index contributed by atoms with van der Waals surface area (Å²) in [4.78, 5) is 26.2. The van der Waals surface area contributed by atoms with Gasteiger partial charge in [0.1, 0.15) is 5.82 Å². The molecular formula is C21H24FN3O2. The van der Waals surface area contributed by atoms with Crippen LogP contribution in [0.1, 0.15) is 38.3 Å². The molecular weight excluding hydrogens is 345 g/mol. The molecule has 2 aromatic rings. The average molecular weight is 369 g/mol. The van der Waals surface area contributed by atoms with E-state index in [1.165, 1.54) is 12.1 Å². The van der Waals surface area contributed by atoms with E-state index in [1.54, 1.807) is 23.1 Å². The van der Waals surface area contributed by atoms with E-state index < -0.39 is 0 Å². The van der Waals surface area contributed by atoms with E-state index in [1.807, 2.05) is 32.9 Å². The first-order valence-electron chi connectivity index (χ1n) is 8.98. The molecule has 0 fully saturated rings. The van der Waals surface area contributed by atoms with Crippen molar-refractivity contribution in [1.29, 1.82) is 0 Å². The van der Waals surface area contributed by atoms with Crippen LogP contribution in [0.2, 0.25) is 0 Å². The Kier molecular flexibility index (Phi) is 5.17. The smallest absolute Gasteiger partial charge is 0.319 e. The molecule has 2 N–H and O–H groups in total. The lowest BCUT2D eigenvalue weighted by atomic mass is 9.99. The van der Waals surface area contributed by atoms with Crippen LogP contribution in [-0.2, 0) is 17.8 Å². The van der Waals surface area contributed by atoms with E-state index in [0.717, 1.165) is 16.8 Å². The molecule has 142 valence electrons. The van der Waals surface area contributed by atoms with Crippen molar-refractivity contribution in [1.82, 2.24) is 5.32 Å². The Morgan fingerprint density at radius 1 is 1.11 bits per heavy atom. The molecule has 3 rings (SSSR count). The topological polar surface area (TPSA) is 61.4 Å². The third kappa shape index (κ3) is 4.84. The highest BCUT2D eigenvalue weighted by atomic mass is 19.1. The third-order valence-electron chi connectivity index (χ3n) is 4.28. The summed E-state index contributed by atoms with van der Waals surface area (Å²) in [5, 5.41) is 5.69. The molecule has 0 unspecified atom stereocenters. The summed E-state index contributed by atoms with van der Waals surface area (Å²) >= 11 is 0. The van der Waals surface area contributed by atoms with Crippen molar-refractivity contribution in [3.63, 3.8) is 0 Å². The van der Waals surface area contributed by atoms with Gasteiger partial charge in [0.2, 0.25) is 5.91 Å². The Balaban J connectivity index is 1.78. The van der Waals surface area contributed by atoms with Crippen molar-refractivity contribution < 1.29 is 14.0 Å². The van der Waals surface area contributed by atoms with Crippen LogP contribution in [0.3, 0.4) is 0 Å². The molecule has 27 heavy (non-hydrogen) atoms. The van der Waals surface area contributed by atoms with Crippen LogP contribution < -0.4 is 15.5 Å². The summed E-state index contributed by atoms with van der Waals surface area (Å²) in [6, 6.07) is 11.4. The van der Waals surface area contributed by atoms with Crippen molar-refractivity contribution in [2.75, 3.05) is 10.2 Å². The zero-order valence-electron chi connectivity index (χ0n) is 15.8. The van der Waals surface area contributed by atoms with Gasteiger partial charge in [-0.3, -0.25) is 4.79 Å². The summed E-state index contributed by atoms with van der Waals surface area (Å²) in [6.45, 7) is 6.14. The first-order valence-corrected chi connectivity index (χ1v) is 8.98. The number of carbonyl (C=O) groups is 2. The molecule has 6 heteroatoms. The van der Waals surface area contributed by atoms with Crippen LogP contribution in [0.5, 0.6) is 0 Å². The Labute approximate surface area is 158 Å². The lowest BCUT2D eigenvalue weighted by molar-refractivity contribution is -0.119. The predicted molar refractivity (Wildman–Crippen MR) is 104 cm³/mol. The molecule has 0 atom stereocenters. The van der Waals surface area contributed by atoms with Crippen LogP contribution in [-0.4, -0.2) is 17.5 Å². The molecule has 0 aromatic heterocycles. The molecule has 0 spiro atoms. The van der Waals surface area contributed by atoms with Gasteiger partial charge in [0.25, 0.3) is 0 Å². The maximum Gasteiger partial charge on any atom is 0.319 e. The van der Waals surface area contributed by atoms with Gasteiger partial charge >= 0.3 is 6.03 Å².